The smallest absolute Gasteiger partial charge is 0.262 e. The highest BCUT2D eigenvalue weighted by Crippen LogP contribution is 2.11. The van der Waals surface area contributed by atoms with E-state index in [4.69, 9.17) is 22.7 Å². The topological polar surface area (TPSA) is 64.3 Å². The van der Waals surface area contributed by atoms with Gasteiger partial charge in [-0.2, -0.15) is 0 Å². The van der Waals surface area contributed by atoms with Gasteiger partial charge in [-0.05, 0) is 24.3 Å². The van der Waals surface area contributed by atoms with E-state index in [0.717, 1.165) is 0 Å². The van der Waals surface area contributed by atoms with Crippen molar-refractivity contribution >= 4 is 28.8 Å². The average Bonchev–Trinajstić information content (AvgIpc) is 2.46. The Morgan fingerprint density at radius 2 is 1.90 bits per heavy atom. The second-order valence-corrected chi connectivity index (χ2v) is 4.53. The first kappa shape index (κ1) is 14.0. The molecule has 0 aromatic heterocycles. The van der Waals surface area contributed by atoms with Crippen LogP contribution in [0.1, 0.15) is 5.56 Å². The molecular formula is C15H14N2O2S. The Morgan fingerprint density at radius 1 is 1.15 bits per heavy atom. The van der Waals surface area contributed by atoms with E-state index < -0.39 is 0 Å². The molecule has 0 aliphatic rings. The van der Waals surface area contributed by atoms with Gasteiger partial charge in [0.1, 0.15) is 10.7 Å². The number of rotatable bonds is 5. The molecule has 0 fully saturated rings. The van der Waals surface area contributed by atoms with Crippen LogP contribution in [0.4, 0.5) is 5.69 Å². The van der Waals surface area contributed by atoms with Gasteiger partial charge in [0.2, 0.25) is 0 Å². The van der Waals surface area contributed by atoms with Gasteiger partial charge in [0.05, 0.1) is 0 Å². The van der Waals surface area contributed by atoms with Crippen LogP contribution in [0.15, 0.2) is 54.6 Å². The van der Waals surface area contributed by atoms with Crippen molar-refractivity contribution in [2.24, 2.45) is 5.73 Å². The lowest BCUT2D eigenvalue weighted by Gasteiger charge is -2.08. The fraction of sp³-hybridized carbons (Fsp3) is 0.0667. The highest BCUT2D eigenvalue weighted by molar-refractivity contribution is 7.80. The quantitative estimate of drug-likeness (QED) is 0.828. The molecule has 3 N–H and O–H groups in total. The van der Waals surface area contributed by atoms with Crippen molar-refractivity contribution < 1.29 is 9.53 Å². The number of anilines is 1. The first-order chi connectivity index (χ1) is 9.65. The Kier molecular flexibility index (Phi) is 4.68. The van der Waals surface area contributed by atoms with Crippen molar-refractivity contribution in [3.8, 4) is 5.75 Å². The molecule has 5 heteroatoms. The first-order valence-corrected chi connectivity index (χ1v) is 6.43. The van der Waals surface area contributed by atoms with Gasteiger partial charge in [0.25, 0.3) is 5.91 Å². The molecule has 20 heavy (non-hydrogen) atoms. The second kappa shape index (κ2) is 6.68. The maximum atomic E-state index is 11.8. The van der Waals surface area contributed by atoms with Crippen LogP contribution >= 0.6 is 12.2 Å². The summed E-state index contributed by atoms with van der Waals surface area (Å²) in [5.41, 5.74) is 6.89. The van der Waals surface area contributed by atoms with E-state index in [-0.39, 0.29) is 12.5 Å². The monoisotopic (exact) mass is 286 g/mol. The number of para-hydroxylation sites is 1. The van der Waals surface area contributed by atoms with Crippen LogP contribution in [-0.4, -0.2) is 17.5 Å². The third-order valence-corrected chi connectivity index (χ3v) is 2.78. The number of ether oxygens (including phenoxy) is 1. The number of benzene rings is 2. The van der Waals surface area contributed by atoms with Crippen molar-refractivity contribution in [1.82, 2.24) is 0 Å². The van der Waals surface area contributed by atoms with Gasteiger partial charge < -0.3 is 15.8 Å². The highest BCUT2D eigenvalue weighted by atomic mass is 32.1. The molecule has 2 aromatic rings. The summed E-state index contributed by atoms with van der Waals surface area (Å²) in [6.07, 6.45) is 0. The van der Waals surface area contributed by atoms with E-state index in [0.29, 0.717) is 22.0 Å². The fourth-order valence-electron chi connectivity index (χ4n) is 1.61. The van der Waals surface area contributed by atoms with Crippen LogP contribution in [0.5, 0.6) is 5.75 Å². The third kappa shape index (κ3) is 4.07. The molecule has 0 saturated carbocycles. The molecule has 2 aromatic carbocycles. The molecule has 4 nitrogen and oxygen atoms in total. The van der Waals surface area contributed by atoms with E-state index in [9.17, 15) is 4.79 Å². The minimum Gasteiger partial charge on any atom is -0.484 e. The molecule has 0 aliphatic heterocycles. The molecule has 2 rings (SSSR count). The van der Waals surface area contributed by atoms with Crippen molar-refractivity contribution in [1.29, 1.82) is 0 Å². The number of carbonyl (C=O) groups excluding carboxylic acids is 1. The van der Waals surface area contributed by atoms with E-state index in [1.54, 1.807) is 36.4 Å². The van der Waals surface area contributed by atoms with Crippen LogP contribution in [0, 0.1) is 0 Å². The number of thiocarbonyl (C=S) groups is 1. The molecular weight excluding hydrogens is 272 g/mol. The van der Waals surface area contributed by atoms with Gasteiger partial charge in [-0.15, -0.1) is 0 Å². The summed E-state index contributed by atoms with van der Waals surface area (Å²) in [6.45, 7) is -0.0543. The summed E-state index contributed by atoms with van der Waals surface area (Å²) < 4.78 is 5.36. The van der Waals surface area contributed by atoms with Crippen LogP contribution < -0.4 is 15.8 Å². The predicted octanol–water partition coefficient (Wildman–Crippen LogP) is 2.34. The zero-order valence-electron chi connectivity index (χ0n) is 10.7. The van der Waals surface area contributed by atoms with Crippen molar-refractivity contribution in [2.75, 3.05) is 11.9 Å². The highest BCUT2D eigenvalue weighted by Gasteiger charge is 2.05. The summed E-state index contributed by atoms with van der Waals surface area (Å²) >= 11 is 4.89. The number of nitrogens with two attached hydrogens (primary N) is 1. The first-order valence-electron chi connectivity index (χ1n) is 6.03. The minimum atomic E-state index is -0.242. The molecule has 0 aliphatic carbocycles. The molecule has 0 spiro atoms. The van der Waals surface area contributed by atoms with Crippen molar-refractivity contribution in [2.45, 2.75) is 0 Å². The molecule has 0 saturated heterocycles. The molecule has 102 valence electrons. The lowest BCUT2D eigenvalue weighted by atomic mass is 10.2. The molecule has 0 radical (unpaired) electrons. The number of carbonyl (C=O) groups is 1. The number of amides is 1. The van der Waals surface area contributed by atoms with E-state index in [2.05, 4.69) is 5.32 Å². The van der Waals surface area contributed by atoms with Gasteiger partial charge in [-0.25, -0.2) is 0 Å². The largest absolute Gasteiger partial charge is 0.484 e. The average molecular weight is 286 g/mol. The zero-order valence-corrected chi connectivity index (χ0v) is 11.5. The number of hydrogen-bond donors (Lipinski definition) is 2. The summed E-state index contributed by atoms with van der Waals surface area (Å²) in [4.78, 5) is 12.1. The van der Waals surface area contributed by atoms with Crippen LogP contribution in [0.25, 0.3) is 0 Å². The fourth-order valence-corrected chi connectivity index (χ4v) is 1.74. The summed E-state index contributed by atoms with van der Waals surface area (Å²) in [6, 6.07) is 16.2. The zero-order chi connectivity index (χ0) is 14.4. The van der Waals surface area contributed by atoms with Crippen LogP contribution in [0.2, 0.25) is 0 Å². The Morgan fingerprint density at radius 3 is 2.60 bits per heavy atom. The van der Waals surface area contributed by atoms with Gasteiger partial charge in [0, 0.05) is 11.3 Å². The second-order valence-electron chi connectivity index (χ2n) is 4.09. The Bertz CT molecular complexity index is 614. The Labute approximate surface area is 122 Å². The minimum absolute atomic E-state index is 0.0543. The van der Waals surface area contributed by atoms with Crippen molar-refractivity contribution in [3.63, 3.8) is 0 Å². The number of nitrogens with one attached hydrogen (secondary N) is 1. The van der Waals surface area contributed by atoms with Gasteiger partial charge in [-0.1, -0.05) is 42.5 Å². The maximum absolute atomic E-state index is 11.8. The molecule has 0 unspecified atom stereocenters. The van der Waals surface area contributed by atoms with Crippen LogP contribution in [-0.2, 0) is 4.79 Å². The number of hydrogen-bond acceptors (Lipinski definition) is 3. The normalized spacial score (nSPS) is 9.80. The lowest BCUT2D eigenvalue weighted by molar-refractivity contribution is -0.118. The van der Waals surface area contributed by atoms with E-state index in [1.807, 2.05) is 18.2 Å². The predicted molar refractivity (Wildman–Crippen MR) is 82.9 cm³/mol. The summed E-state index contributed by atoms with van der Waals surface area (Å²) in [5.74, 6) is 0.411. The van der Waals surface area contributed by atoms with E-state index in [1.165, 1.54) is 0 Å². The SMILES string of the molecule is NC(=S)c1cccc(NC(=O)COc2ccccc2)c1. The summed E-state index contributed by atoms with van der Waals surface area (Å²) in [7, 11) is 0. The van der Waals surface area contributed by atoms with Crippen LogP contribution in [0.3, 0.4) is 0 Å². The standard InChI is InChI=1S/C15H14N2O2S/c16-15(20)11-5-4-6-12(9-11)17-14(18)10-19-13-7-2-1-3-8-13/h1-9H,10H2,(H2,16,20)(H,17,18). The van der Waals surface area contributed by atoms with Gasteiger partial charge >= 0.3 is 0 Å². The van der Waals surface area contributed by atoms with Gasteiger partial charge in [-0.3, -0.25) is 4.79 Å². The maximum Gasteiger partial charge on any atom is 0.262 e. The lowest BCUT2D eigenvalue weighted by Crippen LogP contribution is -2.20. The Hall–Kier alpha value is -2.40. The van der Waals surface area contributed by atoms with Crippen molar-refractivity contribution in [3.05, 3.63) is 60.2 Å². The molecule has 0 atom stereocenters. The third-order valence-electron chi connectivity index (χ3n) is 2.54. The Balaban J connectivity index is 1.91. The van der Waals surface area contributed by atoms with E-state index >= 15 is 0 Å². The molecule has 0 heterocycles. The molecule has 0 bridgehead atoms. The summed E-state index contributed by atoms with van der Waals surface area (Å²) in [5, 5.41) is 2.73. The molecule has 1 amide bonds. The van der Waals surface area contributed by atoms with Gasteiger partial charge in [0.15, 0.2) is 6.61 Å².